The average molecular weight is 354 g/mol. The summed E-state index contributed by atoms with van der Waals surface area (Å²) < 4.78 is 13.8. The molecule has 0 bridgehead atoms. The molecule has 1 unspecified atom stereocenters. The minimum atomic E-state index is -0.294. The van der Waals surface area contributed by atoms with Crippen LogP contribution in [0.15, 0.2) is 40.9 Å². The highest BCUT2D eigenvalue weighted by Crippen LogP contribution is 2.30. The third kappa shape index (κ3) is 3.30. The van der Waals surface area contributed by atoms with Gasteiger partial charge in [-0.15, -0.1) is 0 Å². The second-order valence-corrected chi connectivity index (χ2v) is 5.60. The van der Waals surface area contributed by atoms with Crippen LogP contribution in [0.4, 0.5) is 10.1 Å². The van der Waals surface area contributed by atoms with Crippen LogP contribution in [0, 0.1) is 17.1 Å². The van der Waals surface area contributed by atoms with Crippen molar-refractivity contribution in [2.75, 3.05) is 5.32 Å². The summed E-state index contributed by atoms with van der Waals surface area (Å²) in [6.45, 7) is 1.94. The minimum absolute atomic E-state index is 0.0867. The van der Waals surface area contributed by atoms with Gasteiger partial charge in [0.15, 0.2) is 0 Å². The average Bonchev–Trinajstić information content (AvgIpc) is 2.41. The number of nitrogens with one attached hydrogen (secondary N) is 1. The van der Waals surface area contributed by atoms with Crippen LogP contribution in [-0.2, 0) is 0 Å². The molecule has 1 atom stereocenters. The third-order valence-corrected chi connectivity index (χ3v) is 3.91. The first-order chi connectivity index (χ1) is 9.51. The molecule has 0 amide bonds. The fraction of sp³-hybridized carbons (Fsp3) is 0.133. The summed E-state index contributed by atoms with van der Waals surface area (Å²) in [6, 6.07) is 11.5. The summed E-state index contributed by atoms with van der Waals surface area (Å²) in [5.41, 5.74) is 2.11. The van der Waals surface area contributed by atoms with Crippen LogP contribution in [0.25, 0.3) is 0 Å². The molecule has 0 radical (unpaired) electrons. The van der Waals surface area contributed by atoms with Gasteiger partial charge in [-0.25, -0.2) is 4.39 Å². The van der Waals surface area contributed by atoms with E-state index in [1.807, 2.05) is 6.92 Å². The molecule has 0 aliphatic carbocycles. The number of nitriles is 1. The van der Waals surface area contributed by atoms with Gasteiger partial charge in [-0.2, -0.15) is 5.26 Å². The molecule has 2 aromatic rings. The van der Waals surface area contributed by atoms with Gasteiger partial charge in [0.1, 0.15) is 5.82 Å². The summed E-state index contributed by atoms with van der Waals surface area (Å²) in [5.74, 6) is -0.294. The molecule has 0 spiro atoms. The van der Waals surface area contributed by atoms with Gasteiger partial charge in [-0.05, 0) is 42.8 Å². The first kappa shape index (κ1) is 14.8. The second-order valence-electron chi connectivity index (χ2n) is 4.34. The highest BCUT2D eigenvalue weighted by atomic mass is 79.9. The maximum Gasteiger partial charge on any atom is 0.124 e. The van der Waals surface area contributed by atoms with E-state index in [0.29, 0.717) is 20.7 Å². The number of anilines is 1. The lowest BCUT2D eigenvalue weighted by molar-refractivity contribution is 0.625. The fourth-order valence-electron chi connectivity index (χ4n) is 1.87. The van der Waals surface area contributed by atoms with Gasteiger partial charge >= 0.3 is 0 Å². The number of rotatable bonds is 3. The van der Waals surface area contributed by atoms with Crippen LogP contribution in [0.2, 0.25) is 5.02 Å². The molecule has 0 aliphatic rings. The monoisotopic (exact) mass is 352 g/mol. The van der Waals surface area contributed by atoms with E-state index in [1.165, 1.54) is 12.1 Å². The van der Waals surface area contributed by atoms with E-state index >= 15 is 0 Å². The second kappa shape index (κ2) is 6.25. The van der Waals surface area contributed by atoms with E-state index in [1.54, 1.807) is 24.3 Å². The van der Waals surface area contributed by atoms with Crippen molar-refractivity contribution in [1.82, 2.24) is 0 Å². The largest absolute Gasteiger partial charge is 0.377 e. The molecule has 0 saturated carbocycles. The molecule has 0 heterocycles. The number of hydrogen-bond donors (Lipinski definition) is 1. The van der Waals surface area contributed by atoms with Crippen molar-refractivity contribution >= 4 is 33.2 Å². The van der Waals surface area contributed by atoms with Crippen LogP contribution in [-0.4, -0.2) is 0 Å². The Bertz CT molecular complexity index is 682. The van der Waals surface area contributed by atoms with Crippen molar-refractivity contribution < 1.29 is 4.39 Å². The molecule has 0 aromatic heterocycles. The summed E-state index contributed by atoms with van der Waals surface area (Å²) in [5, 5.41) is 12.7. The molecule has 0 fully saturated rings. The van der Waals surface area contributed by atoms with Crippen LogP contribution in [0.5, 0.6) is 0 Å². The van der Waals surface area contributed by atoms with Crippen molar-refractivity contribution in [3.8, 4) is 6.07 Å². The Morgan fingerprint density at radius 2 is 2.05 bits per heavy atom. The molecule has 20 heavy (non-hydrogen) atoms. The van der Waals surface area contributed by atoms with Crippen LogP contribution < -0.4 is 5.32 Å². The van der Waals surface area contributed by atoms with Gasteiger partial charge in [-0.3, -0.25) is 0 Å². The molecule has 0 saturated heterocycles. The van der Waals surface area contributed by atoms with E-state index in [0.717, 1.165) is 5.56 Å². The van der Waals surface area contributed by atoms with Gasteiger partial charge in [0.25, 0.3) is 0 Å². The Kier molecular flexibility index (Phi) is 4.64. The Labute approximate surface area is 130 Å². The predicted molar refractivity (Wildman–Crippen MR) is 82.3 cm³/mol. The standard InChI is InChI=1S/C15H11BrClFN2/c1-9(12-4-3-11(18)7-13(12)16)20-15-6-10(8-19)2-5-14(15)17/h2-7,9,20H,1H3. The zero-order valence-corrected chi connectivity index (χ0v) is 13.0. The van der Waals surface area contributed by atoms with Crippen molar-refractivity contribution in [2.45, 2.75) is 13.0 Å². The number of benzene rings is 2. The van der Waals surface area contributed by atoms with Gasteiger partial charge < -0.3 is 5.32 Å². The minimum Gasteiger partial charge on any atom is -0.377 e. The summed E-state index contributed by atoms with van der Waals surface area (Å²) >= 11 is 9.45. The van der Waals surface area contributed by atoms with Crippen LogP contribution in [0.3, 0.4) is 0 Å². The lowest BCUT2D eigenvalue weighted by Gasteiger charge is -2.18. The molecule has 0 aliphatic heterocycles. The van der Waals surface area contributed by atoms with Crippen LogP contribution >= 0.6 is 27.5 Å². The van der Waals surface area contributed by atoms with Crippen LogP contribution in [0.1, 0.15) is 24.1 Å². The Hall–Kier alpha value is -1.57. The summed E-state index contributed by atoms with van der Waals surface area (Å²) in [4.78, 5) is 0. The predicted octanol–water partition coefficient (Wildman–Crippen LogP) is 5.29. The summed E-state index contributed by atoms with van der Waals surface area (Å²) in [7, 11) is 0. The van der Waals surface area contributed by atoms with Gasteiger partial charge in [0.2, 0.25) is 0 Å². The number of nitrogens with zero attached hydrogens (tertiary/aromatic N) is 1. The Balaban J connectivity index is 2.27. The van der Waals surface area contributed by atoms with Crippen molar-refractivity contribution in [3.63, 3.8) is 0 Å². The molecule has 5 heteroatoms. The quantitative estimate of drug-likeness (QED) is 0.814. The van der Waals surface area contributed by atoms with E-state index < -0.39 is 0 Å². The normalized spacial score (nSPS) is 11.8. The molecule has 1 N–H and O–H groups in total. The summed E-state index contributed by atoms with van der Waals surface area (Å²) in [6.07, 6.45) is 0. The van der Waals surface area contributed by atoms with Crippen molar-refractivity contribution in [3.05, 3.63) is 62.8 Å². The van der Waals surface area contributed by atoms with E-state index in [9.17, 15) is 4.39 Å². The highest BCUT2D eigenvalue weighted by molar-refractivity contribution is 9.10. The lowest BCUT2D eigenvalue weighted by atomic mass is 10.1. The molecular formula is C15H11BrClFN2. The zero-order valence-electron chi connectivity index (χ0n) is 10.6. The van der Waals surface area contributed by atoms with Gasteiger partial charge in [-0.1, -0.05) is 33.6 Å². The topological polar surface area (TPSA) is 35.8 Å². The maximum absolute atomic E-state index is 13.1. The zero-order chi connectivity index (χ0) is 14.7. The highest BCUT2D eigenvalue weighted by Gasteiger charge is 2.12. The third-order valence-electron chi connectivity index (χ3n) is 2.90. The molecule has 2 rings (SSSR count). The molecule has 102 valence electrons. The smallest absolute Gasteiger partial charge is 0.124 e. The first-order valence-electron chi connectivity index (χ1n) is 5.92. The first-order valence-corrected chi connectivity index (χ1v) is 7.09. The van der Waals surface area contributed by atoms with E-state index in [4.69, 9.17) is 16.9 Å². The van der Waals surface area contributed by atoms with Gasteiger partial charge in [0.05, 0.1) is 22.3 Å². The fourth-order valence-corrected chi connectivity index (χ4v) is 2.74. The van der Waals surface area contributed by atoms with Crippen molar-refractivity contribution in [1.29, 1.82) is 5.26 Å². The maximum atomic E-state index is 13.1. The van der Waals surface area contributed by atoms with Crippen molar-refractivity contribution in [2.24, 2.45) is 0 Å². The van der Waals surface area contributed by atoms with Gasteiger partial charge in [0, 0.05) is 10.5 Å². The molecular weight excluding hydrogens is 343 g/mol. The number of hydrogen-bond acceptors (Lipinski definition) is 2. The van der Waals surface area contributed by atoms with E-state index in [-0.39, 0.29) is 11.9 Å². The van der Waals surface area contributed by atoms with E-state index in [2.05, 4.69) is 27.3 Å². The molecule has 2 aromatic carbocycles. The number of halogens is 3. The molecule has 2 nitrogen and oxygen atoms in total. The Morgan fingerprint density at radius 3 is 2.70 bits per heavy atom. The SMILES string of the molecule is CC(Nc1cc(C#N)ccc1Cl)c1ccc(F)cc1Br. The lowest BCUT2D eigenvalue weighted by Crippen LogP contribution is -2.08. The Morgan fingerprint density at radius 1 is 1.30 bits per heavy atom.